The lowest BCUT2D eigenvalue weighted by Crippen LogP contribution is -2.07. The van der Waals surface area contributed by atoms with Crippen LogP contribution in [0.3, 0.4) is 0 Å². The normalized spacial score (nSPS) is 10.3. The average Bonchev–Trinajstić information content (AvgIpc) is 2.90. The smallest absolute Gasteiger partial charge is 0.124 e. The van der Waals surface area contributed by atoms with Crippen LogP contribution in [0.4, 0.5) is 0 Å². The van der Waals surface area contributed by atoms with Crippen LogP contribution in [-0.2, 0) is 13.2 Å². The van der Waals surface area contributed by atoms with Gasteiger partial charge in [-0.05, 0) is 25.2 Å². The maximum Gasteiger partial charge on any atom is 0.124 e. The summed E-state index contributed by atoms with van der Waals surface area (Å²) in [7, 11) is 3.57. The molecule has 1 aromatic carbocycles. The first kappa shape index (κ1) is 12.9. The molecule has 4 nitrogen and oxygen atoms in total. The maximum absolute atomic E-state index is 5.81. The number of methoxy groups -OCH3 is 1. The third-order valence-electron chi connectivity index (χ3n) is 2.49. The second-order valence-electron chi connectivity index (χ2n) is 3.76. The van der Waals surface area contributed by atoms with E-state index in [9.17, 15) is 0 Å². The Hall–Kier alpha value is -1.59. The minimum absolute atomic E-state index is 0.549. The minimum Gasteiger partial charge on any atom is -0.497 e. The van der Waals surface area contributed by atoms with Gasteiger partial charge >= 0.3 is 0 Å². The van der Waals surface area contributed by atoms with Crippen LogP contribution >= 0.6 is 11.3 Å². The maximum atomic E-state index is 5.81. The zero-order valence-electron chi connectivity index (χ0n) is 10.5. The largest absolute Gasteiger partial charge is 0.497 e. The molecule has 0 unspecified atom stereocenters. The van der Waals surface area contributed by atoms with Gasteiger partial charge in [-0.3, -0.25) is 4.98 Å². The van der Waals surface area contributed by atoms with E-state index in [4.69, 9.17) is 9.47 Å². The third-order valence-corrected chi connectivity index (χ3v) is 3.24. The molecule has 2 rings (SSSR count). The van der Waals surface area contributed by atoms with Crippen molar-refractivity contribution in [2.24, 2.45) is 0 Å². The Morgan fingerprint density at radius 1 is 1.39 bits per heavy atom. The number of nitrogens with one attached hydrogen (secondary N) is 1. The van der Waals surface area contributed by atoms with Crippen molar-refractivity contribution in [1.82, 2.24) is 10.3 Å². The average molecular weight is 264 g/mol. The lowest BCUT2D eigenvalue weighted by atomic mass is 10.2. The fraction of sp³-hybridized carbons (Fsp3) is 0.308. The number of benzene rings is 1. The van der Waals surface area contributed by atoms with Crippen molar-refractivity contribution in [2.45, 2.75) is 13.2 Å². The highest BCUT2D eigenvalue weighted by atomic mass is 32.1. The van der Waals surface area contributed by atoms with Crippen molar-refractivity contribution in [3.8, 4) is 11.5 Å². The number of ether oxygens (including phenoxy) is 2. The van der Waals surface area contributed by atoms with Crippen molar-refractivity contribution in [2.75, 3.05) is 14.2 Å². The quantitative estimate of drug-likeness (QED) is 0.870. The summed E-state index contributed by atoms with van der Waals surface area (Å²) in [6.07, 6.45) is 1.83. The Morgan fingerprint density at radius 2 is 2.28 bits per heavy atom. The summed E-state index contributed by atoms with van der Waals surface area (Å²) in [5.41, 5.74) is 2.89. The second-order valence-corrected chi connectivity index (χ2v) is 4.73. The van der Waals surface area contributed by atoms with Gasteiger partial charge in [0.25, 0.3) is 0 Å². The molecule has 1 aromatic heterocycles. The first-order valence-corrected chi connectivity index (χ1v) is 6.53. The van der Waals surface area contributed by atoms with Crippen LogP contribution in [-0.4, -0.2) is 19.1 Å². The SMILES string of the molecule is CNCc1cc(OC)ccc1OCc1cncs1. The van der Waals surface area contributed by atoms with Crippen molar-refractivity contribution in [3.63, 3.8) is 0 Å². The third kappa shape index (κ3) is 3.21. The Kier molecular flexibility index (Phi) is 4.55. The molecule has 0 spiro atoms. The first-order valence-electron chi connectivity index (χ1n) is 5.65. The van der Waals surface area contributed by atoms with Crippen LogP contribution in [0.2, 0.25) is 0 Å². The topological polar surface area (TPSA) is 43.4 Å². The van der Waals surface area contributed by atoms with Gasteiger partial charge in [0, 0.05) is 18.3 Å². The Bertz CT molecular complexity index is 486. The molecule has 1 N–H and O–H groups in total. The summed E-state index contributed by atoms with van der Waals surface area (Å²) in [6, 6.07) is 5.83. The number of nitrogens with zero attached hydrogens (tertiary/aromatic N) is 1. The summed E-state index contributed by atoms with van der Waals surface area (Å²) in [5, 5.41) is 3.12. The molecular weight excluding hydrogens is 248 g/mol. The van der Waals surface area contributed by atoms with E-state index in [1.165, 1.54) is 0 Å². The van der Waals surface area contributed by atoms with Crippen molar-refractivity contribution in [1.29, 1.82) is 0 Å². The van der Waals surface area contributed by atoms with Crippen LogP contribution in [0.15, 0.2) is 29.9 Å². The van der Waals surface area contributed by atoms with Crippen LogP contribution < -0.4 is 14.8 Å². The zero-order valence-corrected chi connectivity index (χ0v) is 11.3. The lowest BCUT2D eigenvalue weighted by Gasteiger charge is -2.12. The van der Waals surface area contributed by atoms with Crippen molar-refractivity contribution >= 4 is 11.3 Å². The van der Waals surface area contributed by atoms with Gasteiger partial charge in [0.2, 0.25) is 0 Å². The van der Waals surface area contributed by atoms with Gasteiger partial charge in [-0.15, -0.1) is 11.3 Å². The molecule has 0 amide bonds. The highest BCUT2D eigenvalue weighted by Crippen LogP contribution is 2.25. The van der Waals surface area contributed by atoms with Crippen LogP contribution in [0.5, 0.6) is 11.5 Å². The number of hydrogen-bond acceptors (Lipinski definition) is 5. The summed E-state index contributed by atoms with van der Waals surface area (Å²) in [4.78, 5) is 5.14. The summed E-state index contributed by atoms with van der Waals surface area (Å²) in [5.74, 6) is 1.71. The first-order chi connectivity index (χ1) is 8.83. The Morgan fingerprint density at radius 3 is 2.94 bits per heavy atom. The molecule has 0 aliphatic heterocycles. The fourth-order valence-corrected chi connectivity index (χ4v) is 2.12. The van der Waals surface area contributed by atoms with E-state index >= 15 is 0 Å². The molecule has 96 valence electrons. The highest BCUT2D eigenvalue weighted by Gasteiger charge is 2.06. The van der Waals surface area contributed by atoms with Crippen molar-refractivity contribution in [3.05, 3.63) is 40.3 Å². The highest BCUT2D eigenvalue weighted by molar-refractivity contribution is 7.09. The van der Waals surface area contributed by atoms with Gasteiger partial charge in [0.05, 0.1) is 17.5 Å². The van der Waals surface area contributed by atoms with Crippen LogP contribution in [0.1, 0.15) is 10.4 Å². The molecule has 18 heavy (non-hydrogen) atoms. The van der Waals surface area contributed by atoms with E-state index in [2.05, 4.69) is 10.3 Å². The standard InChI is InChI=1S/C13H16N2O2S/c1-14-6-10-5-11(16-2)3-4-13(10)17-8-12-7-15-9-18-12/h3-5,7,9,14H,6,8H2,1-2H3. The van der Waals surface area contributed by atoms with Gasteiger partial charge in [-0.2, -0.15) is 0 Å². The lowest BCUT2D eigenvalue weighted by molar-refractivity contribution is 0.304. The molecular formula is C13H16N2O2S. The molecule has 0 atom stereocenters. The second kappa shape index (κ2) is 6.37. The summed E-state index contributed by atoms with van der Waals surface area (Å²) >= 11 is 1.59. The number of aromatic nitrogens is 1. The van der Waals surface area contributed by atoms with E-state index in [0.717, 1.165) is 28.5 Å². The summed E-state index contributed by atoms with van der Waals surface area (Å²) < 4.78 is 11.0. The number of thiazole rings is 1. The predicted octanol–water partition coefficient (Wildman–Crippen LogP) is 2.45. The van der Waals surface area contributed by atoms with E-state index in [1.807, 2.05) is 31.4 Å². The molecule has 0 fully saturated rings. The monoisotopic (exact) mass is 264 g/mol. The molecule has 1 heterocycles. The van der Waals surface area contributed by atoms with Gasteiger partial charge in [0.1, 0.15) is 18.1 Å². The summed E-state index contributed by atoms with van der Waals surface area (Å²) in [6.45, 7) is 1.29. The molecule has 5 heteroatoms. The van der Waals surface area contributed by atoms with E-state index in [1.54, 1.807) is 24.0 Å². The minimum atomic E-state index is 0.549. The molecule has 0 saturated heterocycles. The molecule has 0 aliphatic rings. The van der Waals surface area contributed by atoms with E-state index in [0.29, 0.717) is 6.61 Å². The number of hydrogen-bond donors (Lipinski definition) is 1. The van der Waals surface area contributed by atoms with Crippen LogP contribution in [0.25, 0.3) is 0 Å². The van der Waals surface area contributed by atoms with Gasteiger partial charge < -0.3 is 14.8 Å². The van der Waals surface area contributed by atoms with Gasteiger partial charge in [0.15, 0.2) is 0 Å². The van der Waals surface area contributed by atoms with Crippen molar-refractivity contribution < 1.29 is 9.47 Å². The molecule has 0 bridgehead atoms. The molecule has 0 saturated carbocycles. The molecule has 2 aromatic rings. The molecule has 0 radical (unpaired) electrons. The molecule has 0 aliphatic carbocycles. The zero-order chi connectivity index (χ0) is 12.8. The van der Waals surface area contributed by atoms with Gasteiger partial charge in [-0.25, -0.2) is 0 Å². The fourth-order valence-electron chi connectivity index (χ4n) is 1.61. The number of rotatable bonds is 6. The van der Waals surface area contributed by atoms with E-state index < -0.39 is 0 Å². The van der Waals surface area contributed by atoms with Gasteiger partial charge in [-0.1, -0.05) is 0 Å². The Labute approximate surface area is 111 Å². The Balaban J connectivity index is 2.10. The van der Waals surface area contributed by atoms with E-state index in [-0.39, 0.29) is 0 Å². The van der Waals surface area contributed by atoms with Crippen LogP contribution in [0, 0.1) is 0 Å². The predicted molar refractivity (Wildman–Crippen MR) is 72.2 cm³/mol.